The topological polar surface area (TPSA) is 70.0 Å². The number of phenolic OH excluding ortho intramolecular Hbond substituents is 1. The van der Waals surface area contributed by atoms with Crippen molar-refractivity contribution in [1.82, 2.24) is 0 Å². The number of halogens is 2. The maximum atomic E-state index is 9.45. The molecule has 1 aromatic rings. The average Bonchev–Trinajstić information content (AvgIpc) is 2.12. The molecular formula is C8H6I2N2O. The first-order valence-electron chi connectivity index (χ1n) is 3.39. The molecule has 0 saturated carbocycles. The van der Waals surface area contributed by atoms with Crippen molar-refractivity contribution in [3.63, 3.8) is 0 Å². The van der Waals surface area contributed by atoms with Crippen LogP contribution in [0.3, 0.4) is 0 Å². The SMILES string of the molecule is N#C[C@H](N)c1cc(I)c(O)c(I)c1. The first-order chi connectivity index (χ1) is 6.06. The number of nitrogens with two attached hydrogens (primary N) is 1. The Morgan fingerprint density at radius 1 is 1.38 bits per heavy atom. The summed E-state index contributed by atoms with van der Waals surface area (Å²) in [4.78, 5) is 0. The third-order valence-corrected chi connectivity index (χ3v) is 3.18. The van der Waals surface area contributed by atoms with Crippen molar-refractivity contribution >= 4 is 45.2 Å². The number of aromatic hydroxyl groups is 1. The molecule has 0 amide bonds. The zero-order chi connectivity index (χ0) is 10.0. The lowest BCUT2D eigenvalue weighted by Crippen LogP contribution is -2.07. The fraction of sp³-hybridized carbons (Fsp3) is 0.125. The van der Waals surface area contributed by atoms with Gasteiger partial charge in [-0.25, -0.2) is 0 Å². The van der Waals surface area contributed by atoms with Crippen molar-refractivity contribution in [2.24, 2.45) is 5.73 Å². The largest absolute Gasteiger partial charge is 0.506 e. The van der Waals surface area contributed by atoms with Crippen LogP contribution in [-0.4, -0.2) is 5.11 Å². The summed E-state index contributed by atoms with van der Waals surface area (Å²) in [5, 5.41) is 18.0. The lowest BCUT2D eigenvalue weighted by atomic mass is 10.1. The van der Waals surface area contributed by atoms with Crippen LogP contribution in [0.15, 0.2) is 12.1 Å². The minimum Gasteiger partial charge on any atom is -0.506 e. The molecule has 0 radical (unpaired) electrons. The molecule has 13 heavy (non-hydrogen) atoms. The minimum absolute atomic E-state index is 0.245. The summed E-state index contributed by atoms with van der Waals surface area (Å²) in [6, 6.07) is 4.75. The molecule has 3 nitrogen and oxygen atoms in total. The Balaban J connectivity index is 3.22. The van der Waals surface area contributed by atoms with E-state index in [9.17, 15) is 5.11 Å². The summed E-state index contributed by atoms with van der Waals surface area (Å²) in [7, 11) is 0. The molecule has 0 heterocycles. The Morgan fingerprint density at radius 2 is 1.85 bits per heavy atom. The first-order valence-corrected chi connectivity index (χ1v) is 5.55. The minimum atomic E-state index is -0.623. The second kappa shape index (κ2) is 4.43. The van der Waals surface area contributed by atoms with Gasteiger partial charge in [-0.1, -0.05) is 0 Å². The molecule has 0 aliphatic rings. The highest BCUT2D eigenvalue weighted by atomic mass is 127. The van der Waals surface area contributed by atoms with E-state index in [1.54, 1.807) is 12.1 Å². The highest BCUT2D eigenvalue weighted by Gasteiger charge is 2.10. The number of nitrogens with zero attached hydrogens (tertiary/aromatic N) is 1. The Labute approximate surface area is 103 Å². The van der Waals surface area contributed by atoms with Gasteiger partial charge in [-0.2, -0.15) is 5.26 Å². The monoisotopic (exact) mass is 400 g/mol. The quantitative estimate of drug-likeness (QED) is 0.710. The van der Waals surface area contributed by atoms with Gasteiger partial charge in [-0.05, 0) is 62.9 Å². The van der Waals surface area contributed by atoms with Crippen LogP contribution in [0.25, 0.3) is 0 Å². The molecule has 0 aliphatic heterocycles. The predicted molar refractivity (Wildman–Crippen MR) is 66.1 cm³/mol. The van der Waals surface area contributed by atoms with Crippen LogP contribution < -0.4 is 5.73 Å². The van der Waals surface area contributed by atoms with Crippen LogP contribution >= 0.6 is 45.2 Å². The third-order valence-electron chi connectivity index (χ3n) is 1.54. The normalized spacial score (nSPS) is 12.2. The molecule has 0 aliphatic carbocycles. The maximum absolute atomic E-state index is 9.45. The molecule has 0 bridgehead atoms. The average molecular weight is 400 g/mol. The lowest BCUT2D eigenvalue weighted by molar-refractivity contribution is 0.467. The van der Waals surface area contributed by atoms with E-state index >= 15 is 0 Å². The zero-order valence-electron chi connectivity index (χ0n) is 6.46. The number of nitriles is 1. The number of hydrogen-bond acceptors (Lipinski definition) is 3. The maximum Gasteiger partial charge on any atom is 0.142 e. The van der Waals surface area contributed by atoms with Crippen LogP contribution in [0.2, 0.25) is 0 Å². The first kappa shape index (κ1) is 11.0. The van der Waals surface area contributed by atoms with Gasteiger partial charge in [0.15, 0.2) is 0 Å². The van der Waals surface area contributed by atoms with E-state index in [-0.39, 0.29) is 5.75 Å². The Kier molecular flexibility index (Phi) is 3.75. The van der Waals surface area contributed by atoms with Crippen LogP contribution in [0.1, 0.15) is 11.6 Å². The molecule has 68 valence electrons. The van der Waals surface area contributed by atoms with E-state index in [2.05, 4.69) is 0 Å². The molecular weight excluding hydrogens is 394 g/mol. The van der Waals surface area contributed by atoms with Gasteiger partial charge in [0.25, 0.3) is 0 Å². The van der Waals surface area contributed by atoms with Gasteiger partial charge in [-0.3, -0.25) is 0 Å². The van der Waals surface area contributed by atoms with Crippen LogP contribution in [-0.2, 0) is 0 Å². The summed E-state index contributed by atoms with van der Waals surface area (Å²) in [5.74, 6) is 0.245. The predicted octanol–water partition coefficient (Wildman–Crippen LogP) is 2.12. The van der Waals surface area contributed by atoms with Crippen molar-refractivity contribution in [1.29, 1.82) is 5.26 Å². The van der Waals surface area contributed by atoms with Crippen molar-refractivity contribution in [3.8, 4) is 11.8 Å². The van der Waals surface area contributed by atoms with Gasteiger partial charge in [0.1, 0.15) is 11.8 Å². The van der Waals surface area contributed by atoms with Gasteiger partial charge in [0.2, 0.25) is 0 Å². The Morgan fingerprint density at radius 3 is 2.23 bits per heavy atom. The fourth-order valence-electron chi connectivity index (χ4n) is 0.839. The van der Waals surface area contributed by atoms with Crippen LogP contribution in [0.4, 0.5) is 0 Å². The highest BCUT2D eigenvalue weighted by molar-refractivity contribution is 14.1. The highest BCUT2D eigenvalue weighted by Crippen LogP contribution is 2.28. The van der Waals surface area contributed by atoms with Gasteiger partial charge in [0.05, 0.1) is 13.2 Å². The van der Waals surface area contributed by atoms with Crippen molar-refractivity contribution in [2.45, 2.75) is 6.04 Å². The fourth-order valence-corrected chi connectivity index (χ4v) is 2.66. The molecule has 0 unspecified atom stereocenters. The van der Waals surface area contributed by atoms with Crippen LogP contribution in [0.5, 0.6) is 5.75 Å². The number of rotatable bonds is 1. The van der Waals surface area contributed by atoms with Crippen LogP contribution in [0, 0.1) is 18.5 Å². The molecule has 5 heteroatoms. The molecule has 1 atom stereocenters. The van der Waals surface area contributed by atoms with Gasteiger partial charge in [0, 0.05) is 0 Å². The molecule has 1 rings (SSSR count). The number of phenols is 1. The van der Waals surface area contributed by atoms with E-state index in [1.165, 1.54) is 0 Å². The van der Waals surface area contributed by atoms with E-state index in [0.29, 0.717) is 7.14 Å². The van der Waals surface area contributed by atoms with Gasteiger partial charge < -0.3 is 10.8 Å². The third kappa shape index (κ3) is 2.45. The van der Waals surface area contributed by atoms with Gasteiger partial charge >= 0.3 is 0 Å². The van der Waals surface area contributed by atoms with Crippen molar-refractivity contribution in [2.75, 3.05) is 0 Å². The molecule has 0 fully saturated rings. The molecule has 3 N–H and O–H groups in total. The van der Waals surface area contributed by atoms with Gasteiger partial charge in [-0.15, -0.1) is 0 Å². The molecule has 0 aromatic heterocycles. The van der Waals surface area contributed by atoms with E-state index < -0.39 is 6.04 Å². The standard InChI is InChI=1S/C8H6I2N2O/c9-5-1-4(7(12)3-11)2-6(10)8(5)13/h1-2,7,13H,12H2/t7-/m0/s1. The van der Waals surface area contributed by atoms with Crippen molar-refractivity contribution in [3.05, 3.63) is 24.8 Å². The second-order valence-electron chi connectivity index (χ2n) is 2.44. The van der Waals surface area contributed by atoms with E-state index in [1.807, 2.05) is 51.3 Å². The summed E-state index contributed by atoms with van der Waals surface area (Å²) >= 11 is 4.01. The Bertz CT molecular complexity index is 350. The Hall–Kier alpha value is -0.0700. The lowest BCUT2D eigenvalue weighted by Gasteiger charge is -2.06. The summed E-state index contributed by atoms with van der Waals surface area (Å²) in [6.45, 7) is 0. The molecule has 1 aromatic carbocycles. The van der Waals surface area contributed by atoms with E-state index in [0.717, 1.165) is 5.56 Å². The number of benzene rings is 1. The molecule has 0 spiro atoms. The summed E-state index contributed by atoms with van der Waals surface area (Å²) in [5.41, 5.74) is 6.26. The zero-order valence-corrected chi connectivity index (χ0v) is 10.8. The number of hydrogen-bond donors (Lipinski definition) is 2. The van der Waals surface area contributed by atoms with Crippen molar-refractivity contribution < 1.29 is 5.11 Å². The summed E-state index contributed by atoms with van der Waals surface area (Å²) in [6.07, 6.45) is 0. The summed E-state index contributed by atoms with van der Waals surface area (Å²) < 4.78 is 1.43. The second-order valence-corrected chi connectivity index (χ2v) is 4.76. The van der Waals surface area contributed by atoms with E-state index in [4.69, 9.17) is 11.0 Å². The molecule has 0 saturated heterocycles. The smallest absolute Gasteiger partial charge is 0.142 e.